The molecule has 0 spiro atoms. The van der Waals surface area contributed by atoms with Crippen LogP contribution in [0.5, 0.6) is 5.75 Å². The average Bonchev–Trinajstić information content (AvgIpc) is 3.24. The summed E-state index contributed by atoms with van der Waals surface area (Å²) in [6, 6.07) is 4.73. The molecular formula is C23H26BrN3O5. The van der Waals surface area contributed by atoms with E-state index in [0.717, 1.165) is 5.56 Å². The van der Waals surface area contributed by atoms with Crippen LogP contribution in [-0.4, -0.2) is 30.0 Å². The Labute approximate surface area is 194 Å². The van der Waals surface area contributed by atoms with Crippen molar-refractivity contribution in [2.24, 2.45) is 0 Å². The van der Waals surface area contributed by atoms with E-state index in [9.17, 15) is 19.5 Å². The molecule has 0 aliphatic rings. The van der Waals surface area contributed by atoms with Crippen LogP contribution in [0.25, 0.3) is 0 Å². The second-order valence-corrected chi connectivity index (χ2v) is 8.95. The van der Waals surface area contributed by atoms with Crippen LogP contribution in [-0.2, 0) is 0 Å². The van der Waals surface area contributed by atoms with Crippen molar-refractivity contribution in [2.75, 3.05) is 24.7 Å². The molecule has 3 N–H and O–H groups in total. The number of benzene rings is 1. The van der Waals surface area contributed by atoms with Gasteiger partial charge in [0, 0.05) is 18.6 Å². The molecule has 1 aromatic heterocycles. The van der Waals surface area contributed by atoms with Crippen molar-refractivity contribution in [3.05, 3.63) is 66.3 Å². The maximum absolute atomic E-state index is 12.4. The molecule has 170 valence electrons. The summed E-state index contributed by atoms with van der Waals surface area (Å²) in [7, 11) is 3.13. The molecule has 9 heteroatoms. The van der Waals surface area contributed by atoms with Crippen molar-refractivity contribution in [3.8, 4) is 5.75 Å². The van der Waals surface area contributed by atoms with Crippen LogP contribution >= 0.6 is 15.9 Å². The van der Waals surface area contributed by atoms with Crippen molar-refractivity contribution in [2.45, 2.75) is 39.2 Å². The van der Waals surface area contributed by atoms with Crippen LogP contribution in [0.15, 0.2) is 42.9 Å². The van der Waals surface area contributed by atoms with Crippen LogP contribution < -0.4 is 21.5 Å². The maximum Gasteiger partial charge on any atom is 0.258 e. The number of halogens is 1. The van der Waals surface area contributed by atoms with E-state index in [-0.39, 0.29) is 34.4 Å². The lowest BCUT2D eigenvalue weighted by Crippen LogP contribution is -2.37. The fourth-order valence-electron chi connectivity index (χ4n) is 3.28. The molecule has 0 unspecified atom stereocenters. The first-order valence-corrected chi connectivity index (χ1v) is 11.0. The molecule has 0 saturated heterocycles. The second-order valence-electron chi connectivity index (χ2n) is 8.09. The van der Waals surface area contributed by atoms with Crippen molar-refractivity contribution >= 4 is 38.9 Å². The largest absolute Gasteiger partial charge is 0.505 e. The van der Waals surface area contributed by atoms with Crippen LogP contribution in [0.2, 0.25) is 0 Å². The normalized spacial score (nSPS) is 12.2. The van der Waals surface area contributed by atoms with E-state index < -0.39 is 16.8 Å². The van der Waals surface area contributed by atoms with E-state index in [0.29, 0.717) is 22.6 Å². The van der Waals surface area contributed by atoms with Gasteiger partial charge in [-0.1, -0.05) is 20.8 Å². The Balaban J connectivity index is 1.92. The summed E-state index contributed by atoms with van der Waals surface area (Å²) in [5.41, 5.74) is 0.0342. The molecule has 3 rings (SSSR count). The van der Waals surface area contributed by atoms with E-state index in [1.54, 1.807) is 26.4 Å². The van der Waals surface area contributed by atoms with Crippen molar-refractivity contribution in [3.63, 3.8) is 0 Å². The lowest BCUT2D eigenvalue weighted by molar-refractivity contribution is 0.0824. The Hall–Kier alpha value is -3.07. The lowest BCUT2D eigenvalue weighted by atomic mass is 10.0. The average molecular weight is 504 g/mol. The first kappa shape index (κ1) is 23.6. The van der Waals surface area contributed by atoms with E-state index >= 15 is 0 Å². The first-order chi connectivity index (χ1) is 15.1. The maximum atomic E-state index is 12.4. The number of aromatic hydroxyl groups is 1. The molecule has 0 aliphatic heterocycles. The van der Waals surface area contributed by atoms with Crippen molar-refractivity contribution < 1.29 is 14.3 Å². The molecule has 3 aromatic rings. The number of hydrogen-bond donors (Lipinski definition) is 3. The van der Waals surface area contributed by atoms with Crippen LogP contribution in [0, 0.1) is 0 Å². The molecule has 0 bridgehead atoms. The van der Waals surface area contributed by atoms with Crippen molar-refractivity contribution in [1.82, 2.24) is 4.90 Å². The van der Waals surface area contributed by atoms with Gasteiger partial charge in [-0.25, -0.2) is 0 Å². The third kappa shape index (κ3) is 4.29. The van der Waals surface area contributed by atoms with Crippen LogP contribution in [0.1, 0.15) is 60.8 Å². The van der Waals surface area contributed by atoms with Gasteiger partial charge in [0.1, 0.15) is 17.1 Å². The van der Waals surface area contributed by atoms with Gasteiger partial charge in [-0.05, 0) is 52.0 Å². The monoisotopic (exact) mass is 503 g/mol. The zero-order valence-electron chi connectivity index (χ0n) is 18.6. The van der Waals surface area contributed by atoms with Gasteiger partial charge in [-0.3, -0.25) is 14.4 Å². The predicted molar refractivity (Wildman–Crippen MR) is 128 cm³/mol. The number of nitrogens with one attached hydrogen (secondary N) is 2. The summed E-state index contributed by atoms with van der Waals surface area (Å²) in [6.07, 6.45) is 2.31. The number of carbonyl (C=O) groups excluding carboxylic acids is 1. The van der Waals surface area contributed by atoms with Crippen LogP contribution in [0.3, 0.4) is 0 Å². The third-order valence-corrected chi connectivity index (χ3v) is 5.95. The zero-order valence-corrected chi connectivity index (χ0v) is 20.2. The zero-order chi connectivity index (χ0) is 23.7. The minimum atomic E-state index is -0.701. The van der Waals surface area contributed by atoms with Gasteiger partial charge in [-0.2, -0.15) is 0 Å². The molecule has 2 aromatic carbocycles. The summed E-state index contributed by atoms with van der Waals surface area (Å²) in [5.74, 6) is 0.233. The molecule has 0 aliphatic carbocycles. The number of nitrogens with zero attached hydrogens (tertiary/aromatic N) is 1. The molecule has 0 fully saturated rings. The van der Waals surface area contributed by atoms with Crippen LogP contribution in [0.4, 0.5) is 17.1 Å². The minimum Gasteiger partial charge on any atom is -0.505 e. The van der Waals surface area contributed by atoms with E-state index in [1.165, 1.54) is 11.0 Å². The lowest BCUT2D eigenvalue weighted by Gasteiger charge is -2.21. The van der Waals surface area contributed by atoms with E-state index in [4.69, 9.17) is 4.42 Å². The fraction of sp³-hybridized carbons (Fsp3) is 0.348. The summed E-state index contributed by atoms with van der Waals surface area (Å²) in [5, 5.41) is 16.6. The molecule has 1 atom stereocenters. The van der Waals surface area contributed by atoms with Gasteiger partial charge in [0.15, 0.2) is 5.75 Å². The minimum absolute atomic E-state index is 0.0324. The molecule has 0 saturated carbocycles. The molecule has 0 radical (unpaired) electrons. The van der Waals surface area contributed by atoms with Gasteiger partial charge in [0.25, 0.3) is 16.8 Å². The summed E-state index contributed by atoms with van der Waals surface area (Å²) in [6.45, 7) is 6.05. The van der Waals surface area contributed by atoms with Gasteiger partial charge in [0.05, 0.1) is 23.6 Å². The number of phenols is 1. The molecule has 8 nitrogen and oxygen atoms in total. The number of phenolic OH excluding ortho intramolecular Hbond substituents is 1. The number of hydrogen-bond acceptors (Lipinski definition) is 7. The highest BCUT2D eigenvalue weighted by atomic mass is 79.9. The SMILES string of the molecule is CC[C@@H](Nc1c(Nc2ccc(Br)c(C(=O)N(C)C)c2O)c(=O)c1=O)c1cc(C(C)C)co1. The van der Waals surface area contributed by atoms with Gasteiger partial charge >= 0.3 is 0 Å². The topological polar surface area (TPSA) is 112 Å². The summed E-state index contributed by atoms with van der Waals surface area (Å²) in [4.78, 5) is 38.3. The van der Waals surface area contributed by atoms with Gasteiger partial charge in [0.2, 0.25) is 0 Å². The smallest absolute Gasteiger partial charge is 0.258 e. The summed E-state index contributed by atoms with van der Waals surface area (Å²) >= 11 is 3.27. The standard InChI is InChI=1S/C23H26BrN3O5/c1-6-14(16-9-12(10-32-16)11(2)3)25-18-19(22(30)21(18)29)26-15-8-7-13(24)17(20(15)28)23(31)27(4)5/h7-11,14,25-26,28H,6H2,1-5H3/t14-/m1/s1. The fourth-order valence-corrected chi connectivity index (χ4v) is 3.77. The number of amides is 1. The Morgan fingerprint density at radius 1 is 1.19 bits per heavy atom. The highest BCUT2D eigenvalue weighted by Gasteiger charge is 2.27. The van der Waals surface area contributed by atoms with Gasteiger partial charge < -0.3 is 25.1 Å². The molecule has 32 heavy (non-hydrogen) atoms. The Kier molecular flexibility index (Phi) is 6.78. The predicted octanol–water partition coefficient (Wildman–Crippen LogP) is 4.48. The Morgan fingerprint density at radius 2 is 1.84 bits per heavy atom. The molecular weight excluding hydrogens is 478 g/mol. The quantitative estimate of drug-likeness (QED) is 0.307. The second kappa shape index (κ2) is 9.20. The van der Waals surface area contributed by atoms with E-state index in [1.807, 2.05) is 13.0 Å². The van der Waals surface area contributed by atoms with Gasteiger partial charge in [-0.15, -0.1) is 0 Å². The number of rotatable bonds is 8. The first-order valence-electron chi connectivity index (χ1n) is 10.2. The highest BCUT2D eigenvalue weighted by Crippen LogP contribution is 2.37. The number of furan rings is 1. The molecule has 1 heterocycles. The summed E-state index contributed by atoms with van der Waals surface area (Å²) < 4.78 is 6.08. The number of anilines is 3. The molecule has 1 amide bonds. The van der Waals surface area contributed by atoms with E-state index in [2.05, 4.69) is 40.4 Å². The number of carbonyl (C=O) groups is 1. The highest BCUT2D eigenvalue weighted by molar-refractivity contribution is 9.10. The Bertz CT molecular complexity index is 1220. The third-order valence-electron chi connectivity index (χ3n) is 5.29. The van der Waals surface area contributed by atoms with Crippen molar-refractivity contribution in [1.29, 1.82) is 0 Å². The Morgan fingerprint density at radius 3 is 2.41 bits per heavy atom.